The number of hydrogen-bond donors (Lipinski definition) is 0. The molecule has 0 saturated heterocycles. The van der Waals surface area contributed by atoms with E-state index in [1.165, 1.54) is 12.8 Å². The molecule has 2 rings (SSSR count). The first-order valence-electron chi connectivity index (χ1n) is 7.88. The van der Waals surface area contributed by atoms with E-state index in [-0.39, 0.29) is 11.9 Å². The standard InChI is InChI=1S/C19H25NO2/c1-4-5-6-7-19(21)20(15(2)17-10-11-17)14-16-8-12-18(22-3)13-9-16/h4-9,12-13,15,17H,10-11,14H2,1-3H3/b5-4+,7-6+. The van der Waals surface area contributed by atoms with Crippen LogP contribution < -0.4 is 4.74 Å². The minimum Gasteiger partial charge on any atom is -0.497 e. The molecule has 0 bridgehead atoms. The number of amides is 1. The summed E-state index contributed by atoms with van der Waals surface area (Å²) >= 11 is 0. The number of nitrogens with zero attached hydrogens (tertiary/aromatic N) is 1. The minimum absolute atomic E-state index is 0.0771. The topological polar surface area (TPSA) is 29.5 Å². The summed E-state index contributed by atoms with van der Waals surface area (Å²) < 4.78 is 5.18. The molecular weight excluding hydrogens is 274 g/mol. The number of carbonyl (C=O) groups excluding carboxylic acids is 1. The third-order valence-corrected chi connectivity index (χ3v) is 4.13. The lowest BCUT2D eigenvalue weighted by molar-refractivity contribution is -0.129. The predicted molar refractivity (Wildman–Crippen MR) is 89.7 cm³/mol. The summed E-state index contributed by atoms with van der Waals surface area (Å²) in [7, 11) is 1.66. The van der Waals surface area contributed by atoms with Crippen LogP contribution in [0.2, 0.25) is 0 Å². The number of rotatable bonds is 7. The second kappa shape index (κ2) is 7.83. The van der Waals surface area contributed by atoms with Crippen molar-refractivity contribution in [2.24, 2.45) is 5.92 Å². The maximum Gasteiger partial charge on any atom is 0.247 e. The van der Waals surface area contributed by atoms with Crippen molar-refractivity contribution in [3.63, 3.8) is 0 Å². The predicted octanol–water partition coefficient (Wildman–Crippen LogP) is 3.95. The molecule has 1 aliphatic carbocycles. The molecule has 1 aromatic rings. The monoisotopic (exact) mass is 299 g/mol. The molecule has 1 fully saturated rings. The van der Waals surface area contributed by atoms with Crippen molar-refractivity contribution in [3.8, 4) is 5.75 Å². The lowest BCUT2D eigenvalue weighted by atomic mass is 10.1. The Morgan fingerprint density at radius 3 is 2.55 bits per heavy atom. The van der Waals surface area contributed by atoms with Gasteiger partial charge in [-0.25, -0.2) is 0 Å². The molecule has 0 radical (unpaired) electrons. The molecular formula is C19H25NO2. The molecule has 0 spiro atoms. The van der Waals surface area contributed by atoms with Crippen LogP contribution >= 0.6 is 0 Å². The first-order valence-corrected chi connectivity index (χ1v) is 7.88. The van der Waals surface area contributed by atoms with Gasteiger partial charge in [-0.15, -0.1) is 0 Å². The van der Waals surface area contributed by atoms with Gasteiger partial charge in [0, 0.05) is 18.7 Å². The molecule has 1 amide bonds. The number of ether oxygens (including phenoxy) is 1. The van der Waals surface area contributed by atoms with Gasteiger partial charge in [-0.1, -0.05) is 30.4 Å². The van der Waals surface area contributed by atoms with Gasteiger partial charge in [0.15, 0.2) is 0 Å². The summed E-state index contributed by atoms with van der Waals surface area (Å²) in [5.41, 5.74) is 1.13. The molecule has 0 N–H and O–H groups in total. The summed E-state index contributed by atoms with van der Waals surface area (Å²) in [4.78, 5) is 14.5. The zero-order valence-corrected chi connectivity index (χ0v) is 13.7. The fourth-order valence-corrected chi connectivity index (χ4v) is 2.53. The fraction of sp³-hybridized carbons (Fsp3) is 0.421. The van der Waals surface area contributed by atoms with E-state index in [2.05, 4.69) is 6.92 Å². The van der Waals surface area contributed by atoms with Crippen LogP contribution in [-0.4, -0.2) is 24.0 Å². The van der Waals surface area contributed by atoms with E-state index in [9.17, 15) is 4.79 Å². The Morgan fingerprint density at radius 2 is 2.00 bits per heavy atom. The summed E-state index contributed by atoms with van der Waals surface area (Å²) in [6.45, 7) is 4.74. The largest absolute Gasteiger partial charge is 0.497 e. The molecule has 1 aromatic carbocycles. The Hall–Kier alpha value is -2.03. The van der Waals surface area contributed by atoms with Gasteiger partial charge in [-0.2, -0.15) is 0 Å². The third kappa shape index (κ3) is 4.48. The van der Waals surface area contributed by atoms with Crippen molar-refractivity contribution in [1.82, 2.24) is 4.90 Å². The fourth-order valence-electron chi connectivity index (χ4n) is 2.53. The van der Waals surface area contributed by atoms with E-state index in [0.29, 0.717) is 12.5 Å². The molecule has 1 unspecified atom stereocenters. The van der Waals surface area contributed by atoms with Crippen LogP contribution in [0.1, 0.15) is 32.3 Å². The highest BCUT2D eigenvalue weighted by Crippen LogP contribution is 2.35. The Morgan fingerprint density at radius 1 is 1.32 bits per heavy atom. The SMILES string of the molecule is C/C=C/C=C/C(=O)N(Cc1ccc(OC)cc1)C(C)C1CC1. The second-order valence-corrected chi connectivity index (χ2v) is 5.78. The van der Waals surface area contributed by atoms with Gasteiger partial charge in [0.25, 0.3) is 0 Å². The third-order valence-electron chi connectivity index (χ3n) is 4.13. The van der Waals surface area contributed by atoms with Crippen LogP contribution in [0, 0.1) is 5.92 Å². The van der Waals surface area contributed by atoms with Crippen LogP contribution in [0.5, 0.6) is 5.75 Å². The van der Waals surface area contributed by atoms with E-state index < -0.39 is 0 Å². The molecule has 3 heteroatoms. The molecule has 22 heavy (non-hydrogen) atoms. The van der Waals surface area contributed by atoms with Gasteiger partial charge < -0.3 is 9.64 Å². The Kier molecular flexibility index (Phi) is 5.82. The summed E-state index contributed by atoms with van der Waals surface area (Å²) in [5, 5.41) is 0. The van der Waals surface area contributed by atoms with E-state index in [1.807, 2.05) is 54.3 Å². The second-order valence-electron chi connectivity index (χ2n) is 5.78. The highest BCUT2D eigenvalue weighted by molar-refractivity contribution is 5.88. The lowest BCUT2D eigenvalue weighted by Gasteiger charge is -2.28. The number of hydrogen-bond acceptors (Lipinski definition) is 2. The van der Waals surface area contributed by atoms with Crippen molar-refractivity contribution in [2.45, 2.75) is 39.3 Å². The van der Waals surface area contributed by atoms with E-state index >= 15 is 0 Å². The Labute approximate surface area is 133 Å². The van der Waals surface area contributed by atoms with Crippen molar-refractivity contribution < 1.29 is 9.53 Å². The normalized spacial score (nSPS) is 16.1. The molecule has 1 aliphatic rings. The average molecular weight is 299 g/mol. The van der Waals surface area contributed by atoms with E-state index in [4.69, 9.17) is 4.74 Å². The Balaban J connectivity index is 2.10. The maximum atomic E-state index is 12.5. The molecule has 0 aliphatic heterocycles. The van der Waals surface area contributed by atoms with Crippen LogP contribution in [0.4, 0.5) is 0 Å². The molecule has 118 valence electrons. The highest BCUT2D eigenvalue weighted by atomic mass is 16.5. The van der Waals surface area contributed by atoms with Gasteiger partial charge in [-0.05, 0) is 50.3 Å². The van der Waals surface area contributed by atoms with Crippen LogP contribution in [-0.2, 0) is 11.3 Å². The first kappa shape index (κ1) is 16.3. The van der Waals surface area contributed by atoms with Gasteiger partial charge in [0.1, 0.15) is 5.75 Å². The smallest absolute Gasteiger partial charge is 0.247 e. The minimum atomic E-state index is 0.0771. The van der Waals surface area contributed by atoms with E-state index in [1.54, 1.807) is 13.2 Å². The van der Waals surface area contributed by atoms with Gasteiger partial charge in [0.2, 0.25) is 5.91 Å². The van der Waals surface area contributed by atoms with Crippen molar-refractivity contribution in [1.29, 1.82) is 0 Å². The summed E-state index contributed by atoms with van der Waals surface area (Å²) in [6, 6.07) is 8.21. The highest BCUT2D eigenvalue weighted by Gasteiger charge is 2.33. The quantitative estimate of drug-likeness (QED) is 0.563. The van der Waals surface area contributed by atoms with E-state index in [0.717, 1.165) is 11.3 Å². The first-order chi connectivity index (χ1) is 10.7. The molecule has 3 nitrogen and oxygen atoms in total. The number of carbonyl (C=O) groups is 1. The van der Waals surface area contributed by atoms with Crippen LogP contribution in [0.15, 0.2) is 48.6 Å². The summed E-state index contributed by atoms with van der Waals surface area (Å²) in [5.74, 6) is 1.57. The molecule has 1 atom stereocenters. The van der Waals surface area contributed by atoms with Crippen molar-refractivity contribution >= 4 is 5.91 Å². The van der Waals surface area contributed by atoms with Crippen molar-refractivity contribution in [2.75, 3.05) is 7.11 Å². The zero-order valence-electron chi connectivity index (χ0n) is 13.7. The molecule has 0 aromatic heterocycles. The lowest BCUT2D eigenvalue weighted by Crippen LogP contribution is -2.38. The maximum absolute atomic E-state index is 12.5. The summed E-state index contributed by atoms with van der Waals surface area (Å²) in [6.07, 6.45) is 9.72. The van der Waals surface area contributed by atoms with Crippen LogP contribution in [0.3, 0.4) is 0 Å². The molecule has 1 saturated carbocycles. The number of methoxy groups -OCH3 is 1. The Bertz CT molecular complexity index is 541. The van der Waals surface area contributed by atoms with Gasteiger partial charge in [0.05, 0.1) is 7.11 Å². The zero-order chi connectivity index (χ0) is 15.9. The van der Waals surface area contributed by atoms with Gasteiger partial charge >= 0.3 is 0 Å². The average Bonchev–Trinajstić information content (AvgIpc) is 3.37. The molecule has 0 heterocycles. The number of benzene rings is 1. The number of allylic oxidation sites excluding steroid dienone is 3. The van der Waals surface area contributed by atoms with Gasteiger partial charge in [-0.3, -0.25) is 4.79 Å². The van der Waals surface area contributed by atoms with Crippen LogP contribution in [0.25, 0.3) is 0 Å². The van der Waals surface area contributed by atoms with Crippen molar-refractivity contribution in [3.05, 3.63) is 54.1 Å².